The highest BCUT2D eigenvalue weighted by Crippen LogP contribution is 2.16. The molecule has 5 nitrogen and oxygen atoms in total. The molecule has 0 aliphatic heterocycles. The van der Waals surface area contributed by atoms with Crippen molar-refractivity contribution < 1.29 is 4.79 Å². The van der Waals surface area contributed by atoms with E-state index in [4.69, 9.17) is 0 Å². The number of likely N-dealkylation sites (N-methyl/N-ethyl adjacent to an activating group) is 1. The summed E-state index contributed by atoms with van der Waals surface area (Å²) in [5, 5.41) is 7.38. The molecule has 0 radical (unpaired) electrons. The van der Waals surface area contributed by atoms with E-state index >= 15 is 0 Å². The highest BCUT2D eigenvalue weighted by atomic mass is 16.1. The second-order valence-corrected chi connectivity index (χ2v) is 6.50. The van der Waals surface area contributed by atoms with Gasteiger partial charge in [0, 0.05) is 12.7 Å². The Morgan fingerprint density at radius 1 is 1.08 bits per heavy atom. The molecule has 1 aromatic heterocycles. The molecule has 0 saturated heterocycles. The first-order valence-corrected chi connectivity index (χ1v) is 8.70. The smallest absolute Gasteiger partial charge is 0.224 e. The molecule has 1 N–H and O–H groups in total. The summed E-state index contributed by atoms with van der Waals surface area (Å²) < 4.78 is 1.79. The van der Waals surface area contributed by atoms with Gasteiger partial charge in [-0.3, -0.25) is 4.79 Å². The second-order valence-electron chi connectivity index (χ2n) is 6.50. The van der Waals surface area contributed by atoms with Gasteiger partial charge in [0.2, 0.25) is 5.91 Å². The maximum absolute atomic E-state index is 12.3. The molecule has 0 aliphatic rings. The minimum absolute atomic E-state index is 0.000364. The Balaban J connectivity index is 1.58. The zero-order valence-electron chi connectivity index (χ0n) is 15.2. The number of amides is 1. The summed E-state index contributed by atoms with van der Waals surface area (Å²) in [5.74, 6) is 0.000364. The van der Waals surface area contributed by atoms with Crippen LogP contribution in [0.15, 0.2) is 73.1 Å². The van der Waals surface area contributed by atoms with Crippen molar-refractivity contribution in [3.63, 3.8) is 0 Å². The van der Waals surface area contributed by atoms with Crippen LogP contribution in [0.25, 0.3) is 5.69 Å². The van der Waals surface area contributed by atoms with E-state index in [1.54, 1.807) is 10.9 Å². The van der Waals surface area contributed by atoms with Gasteiger partial charge in [0.15, 0.2) is 0 Å². The molecule has 2 aromatic carbocycles. The molecule has 3 rings (SSSR count). The van der Waals surface area contributed by atoms with Crippen molar-refractivity contribution in [3.05, 3.63) is 84.2 Å². The molecule has 3 aromatic rings. The highest BCUT2D eigenvalue weighted by molar-refractivity contribution is 5.78. The maximum Gasteiger partial charge on any atom is 0.224 e. The molecule has 5 heteroatoms. The number of hydrogen-bond donors (Lipinski definition) is 1. The summed E-state index contributed by atoms with van der Waals surface area (Å²) >= 11 is 0. The molecule has 1 atom stereocenters. The zero-order valence-corrected chi connectivity index (χ0v) is 15.2. The lowest BCUT2D eigenvalue weighted by Gasteiger charge is -2.25. The monoisotopic (exact) mass is 348 g/mol. The molecule has 0 bridgehead atoms. The fourth-order valence-corrected chi connectivity index (χ4v) is 2.91. The van der Waals surface area contributed by atoms with Gasteiger partial charge < -0.3 is 10.2 Å². The second kappa shape index (κ2) is 8.45. The van der Waals surface area contributed by atoms with Gasteiger partial charge in [0.05, 0.1) is 24.3 Å². The normalized spacial score (nSPS) is 12.1. The predicted octanol–water partition coefficient (Wildman–Crippen LogP) is 2.83. The topological polar surface area (TPSA) is 50.2 Å². The van der Waals surface area contributed by atoms with Crippen LogP contribution in [-0.4, -0.2) is 41.2 Å². The summed E-state index contributed by atoms with van der Waals surface area (Å²) in [6, 6.07) is 20.2. The summed E-state index contributed by atoms with van der Waals surface area (Å²) in [6.45, 7) is 0.572. The molecule has 1 amide bonds. The first-order chi connectivity index (χ1) is 12.6. The summed E-state index contributed by atoms with van der Waals surface area (Å²) in [4.78, 5) is 14.5. The Hall–Kier alpha value is -2.92. The van der Waals surface area contributed by atoms with E-state index in [1.807, 2.05) is 68.8 Å². The van der Waals surface area contributed by atoms with Crippen molar-refractivity contribution in [1.29, 1.82) is 0 Å². The number of carbonyl (C=O) groups excluding carboxylic acids is 1. The lowest BCUT2D eigenvalue weighted by molar-refractivity contribution is -0.120. The number of hydrogen-bond acceptors (Lipinski definition) is 3. The van der Waals surface area contributed by atoms with Crippen LogP contribution in [0.3, 0.4) is 0 Å². The van der Waals surface area contributed by atoms with Gasteiger partial charge in [0.25, 0.3) is 0 Å². The lowest BCUT2D eigenvalue weighted by atomic mass is 10.1. The maximum atomic E-state index is 12.3. The molecular weight excluding hydrogens is 324 g/mol. The number of nitrogens with one attached hydrogen (secondary N) is 1. The number of para-hydroxylation sites is 1. The third kappa shape index (κ3) is 4.58. The van der Waals surface area contributed by atoms with Crippen molar-refractivity contribution in [2.24, 2.45) is 0 Å². The number of benzene rings is 2. The molecule has 0 spiro atoms. The van der Waals surface area contributed by atoms with E-state index in [9.17, 15) is 4.79 Å². The minimum atomic E-state index is 0.000364. The third-order valence-electron chi connectivity index (χ3n) is 4.32. The Labute approximate surface area is 154 Å². The molecule has 1 heterocycles. The molecule has 0 saturated carbocycles. The van der Waals surface area contributed by atoms with Crippen LogP contribution in [0.5, 0.6) is 0 Å². The Bertz CT molecular complexity index is 827. The van der Waals surface area contributed by atoms with E-state index in [2.05, 4.69) is 27.4 Å². The SMILES string of the molecule is CN(C)[C@H](CNC(=O)Cc1cnn(-c2ccccc2)c1)c1ccccc1. The molecular formula is C21H24N4O. The first-order valence-electron chi connectivity index (χ1n) is 8.70. The van der Waals surface area contributed by atoms with Crippen LogP contribution in [0.2, 0.25) is 0 Å². The lowest BCUT2D eigenvalue weighted by Crippen LogP contribution is -2.35. The third-order valence-corrected chi connectivity index (χ3v) is 4.32. The summed E-state index contributed by atoms with van der Waals surface area (Å²) in [6.07, 6.45) is 3.96. The van der Waals surface area contributed by atoms with Crippen molar-refractivity contribution >= 4 is 5.91 Å². The van der Waals surface area contributed by atoms with Crippen LogP contribution in [0, 0.1) is 0 Å². The van der Waals surface area contributed by atoms with Gasteiger partial charge >= 0.3 is 0 Å². The van der Waals surface area contributed by atoms with Crippen molar-refractivity contribution in [2.75, 3.05) is 20.6 Å². The quantitative estimate of drug-likeness (QED) is 0.714. The molecule has 26 heavy (non-hydrogen) atoms. The van der Waals surface area contributed by atoms with Gasteiger partial charge in [-0.25, -0.2) is 4.68 Å². The van der Waals surface area contributed by atoms with Crippen molar-refractivity contribution in [3.8, 4) is 5.69 Å². The van der Waals surface area contributed by atoms with Gasteiger partial charge in [-0.15, -0.1) is 0 Å². The van der Waals surface area contributed by atoms with Gasteiger partial charge in [0.1, 0.15) is 0 Å². The van der Waals surface area contributed by atoms with Crippen LogP contribution in [0.4, 0.5) is 0 Å². The van der Waals surface area contributed by atoms with E-state index in [-0.39, 0.29) is 11.9 Å². The average Bonchev–Trinajstić information content (AvgIpc) is 3.11. The molecule has 0 fully saturated rings. The van der Waals surface area contributed by atoms with E-state index in [1.165, 1.54) is 5.56 Å². The van der Waals surface area contributed by atoms with Crippen molar-refractivity contribution in [1.82, 2.24) is 20.0 Å². The van der Waals surface area contributed by atoms with Crippen LogP contribution in [0.1, 0.15) is 17.2 Å². The molecule has 0 aliphatic carbocycles. The predicted molar refractivity (Wildman–Crippen MR) is 103 cm³/mol. The van der Waals surface area contributed by atoms with E-state index in [0.717, 1.165) is 11.3 Å². The van der Waals surface area contributed by atoms with E-state index < -0.39 is 0 Å². The number of rotatable bonds is 7. The fraction of sp³-hybridized carbons (Fsp3) is 0.238. The first kappa shape index (κ1) is 17.9. The molecule has 0 unspecified atom stereocenters. The fourth-order valence-electron chi connectivity index (χ4n) is 2.91. The Morgan fingerprint density at radius 2 is 1.73 bits per heavy atom. The molecule has 134 valence electrons. The highest BCUT2D eigenvalue weighted by Gasteiger charge is 2.15. The summed E-state index contributed by atoms with van der Waals surface area (Å²) in [7, 11) is 4.04. The minimum Gasteiger partial charge on any atom is -0.354 e. The van der Waals surface area contributed by atoms with Crippen LogP contribution >= 0.6 is 0 Å². The van der Waals surface area contributed by atoms with Gasteiger partial charge in [-0.1, -0.05) is 48.5 Å². The Kier molecular flexibility index (Phi) is 5.81. The van der Waals surface area contributed by atoms with Crippen LogP contribution in [-0.2, 0) is 11.2 Å². The standard InChI is InChI=1S/C21H24N4O/c1-24(2)20(18-9-5-3-6-10-18)15-22-21(26)13-17-14-23-25(16-17)19-11-7-4-8-12-19/h3-12,14,16,20H,13,15H2,1-2H3,(H,22,26)/t20-/m1/s1. The van der Waals surface area contributed by atoms with Gasteiger partial charge in [-0.2, -0.15) is 5.10 Å². The van der Waals surface area contributed by atoms with Crippen LogP contribution < -0.4 is 5.32 Å². The average molecular weight is 348 g/mol. The number of nitrogens with zero attached hydrogens (tertiary/aromatic N) is 3. The number of carbonyl (C=O) groups is 1. The number of aromatic nitrogens is 2. The zero-order chi connectivity index (χ0) is 18.4. The summed E-state index contributed by atoms with van der Waals surface area (Å²) in [5.41, 5.74) is 3.07. The Morgan fingerprint density at radius 3 is 2.38 bits per heavy atom. The van der Waals surface area contributed by atoms with E-state index in [0.29, 0.717) is 13.0 Å². The van der Waals surface area contributed by atoms with Crippen molar-refractivity contribution in [2.45, 2.75) is 12.5 Å². The largest absolute Gasteiger partial charge is 0.354 e. The van der Waals surface area contributed by atoms with Gasteiger partial charge in [-0.05, 0) is 37.4 Å².